The first-order valence-electron chi connectivity index (χ1n) is 11.4. The number of aryl methyl sites for hydroxylation is 1. The molecular formula is C23H32N4O8S. The van der Waals surface area contributed by atoms with Crippen molar-refractivity contribution in [2.45, 2.75) is 49.5 Å². The van der Waals surface area contributed by atoms with Crippen molar-refractivity contribution >= 4 is 46.8 Å². The smallest absolute Gasteiger partial charge is 0.336 e. The van der Waals surface area contributed by atoms with E-state index in [-0.39, 0.29) is 6.03 Å². The summed E-state index contributed by atoms with van der Waals surface area (Å²) in [4.78, 5) is 46.6. The Hall–Kier alpha value is -3.29. The molecule has 12 nitrogen and oxygen atoms in total. The van der Waals surface area contributed by atoms with Crippen molar-refractivity contribution < 1.29 is 39.6 Å². The number of aliphatic hydroxyl groups is 1. The lowest BCUT2D eigenvalue weighted by Gasteiger charge is -2.22. The number of fused-ring (bicyclic) bond motifs is 3. The van der Waals surface area contributed by atoms with Gasteiger partial charge in [-0.25, -0.2) is 9.59 Å². The number of urea groups is 1. The highest BCUT2D eigenvalue weighted by Gasteiger charge is 2.40. The summed E-state index contributed by atoms with van der Waals surface area (Å²) in [7, 11) is 2.02. The molecule has 1 aromatic heterocycles. The quantitative estimate of drug-likeness (QED) is 0.211. The first-order chi connectivity index (χ1) is 17.0. The number of hydrogen-bond acceptors (Lipinski definition) is 7. The third kappa shape index (κ3) is 8.14. The van der Waals surface area contributed by atoms with Crippen LogP contribution in [-0.2, 0) is 27.2 Å². The highest BCUT2D eigenvalue weighted by atomic mass is 32.2. The molecule has 0 fully saturated rings. The number of rotatable bonds is 10. The summed E-state index contributed by atoms with van der Waals surface area (Å²) in [6, 6.07) is 6.20. The highest BCUT2D eigenvalue weighted by Crippen LogP contribution is 2.33. The number of carbonyl (C=O) groups is 4. The van der Waals surface area contributed by atoms with E-state index in [4.69, 9.17) is 20.4 Å². The van der Waals surface area contributed by atoms with Crippen LogP contribution in [0.15, 0.2) is 23.1 Å². The number of H-pyrrole nitrogens is 1. The van der Waals surface area contributed by atoms with E-state index in [9.17, 15) is 19.2 Å². The van der Waals surface area contributed by atoms with Gasteiger partial charge in [0.2, 0.25) is 0 Å². The summed E-state index contributed by atoms with van der Waals surface area (Å²) in [5.74, 6) is -4.31. The van der Waals surface area contributed by atoms with Crippen molar-refractivity contribution in [2.24, 2.45) is 5.92 Å². The summed E-state index contributed by atoms with van der Waals surface area (Å²) in [5, 5.41) is 41.1. The van der Waals surface area contributed by atoms with Crippen molar-refractivity contribution in [3.63, 3.8) is 0 Å². The Balaban J connectivity index is 0.000000302. The Morgan fingerprint density at radius 1 is 1.14 bits per heavy atom. The molecular weight excluding hydrogens is 492 g/mol. The van der Waals surface area contributed by atoms with Gasteiger partial charge in [0.05, 0.1) is 12.8 Å². The maximum Gasteiger partial charge on any atom is 0.336 e. The Kier molecular flexibility index (Phi) is 10.6. The lowest BCUT2D eigenvalue weighted by molar-refractivity contribution is -0.170. The van der Waals surface area contributed by atoms with E-state index >= 15 is 0 Å². The lowest BCUT2D eigenvalue weighted by atomic mass is 9.86. The molecule has 1 unspecified atom stereocenters. The van der Waals surface area contributed by atoms with E-state index < -0.39 is 36.4 Å². The summed E-state index contributed by atoms with van der Waals surface area (Å²) in [5.41, 5.74) is 1.29. The minimum Gasteiger partial charge on any atom is -0.481 e. The fourth-order valence-corrected chi connectivity index (χ4v) is 4.61. The molecule has 1 aliphatic carbocycles. The van der Waals surface area contributed by atoms with Gasteiger partial charge in [-0.3, -0.25) is 14.3 Å². The second-order valence-electron chi connectivity index (χ2n) is 8.50. The van der Waals surface area contributed by atoms with Crippen LogP contribution in [0.2, 0.25) is 0 Å². The second-order valence-corrected chi connectivity index (χ2v) is 9.38. The highest BCUT2D eigenvalue weighted by molar-refractivity contribution is 7.98. The summed E-state index contributed by atoms with van der Waals surface area (Å²) < 4.78 is 2.81. The van der Waals surface area contributed by atoms with Crippen molar-refractivity contribution in [1.29, 1.82) is 0 Å². The van der Waals surface area contributed by atoms with Crippen LogP contribution in [0, 0.1) is 5.92 Å². The third-order valence-electron chi connectivity index (χ3n) is 5.64. The standard InChI is InChI=1S/C17H24N4OS.C6H8O7/c1-3-19-17(22)21-23-12-5-7-16-14(9-12)13-8-11(10-18-2)4-6-15(13)20-16;7-3(8)1-6(13,5(11)12)2-4(9)10/h5,7,9,11,18,20H,3-4,6,8,10H2,1-2H3,(H2,19,21,22);13H,1-2H2,(H,7,8)(H,9,10)(H,11,12). The van der Waals surface area contributed by atoms with Crippen LogP contribution < -0.4 is 15.4 Å². The molecule has 198 valence electrons. The molecule has 0 aliphatic heterocycles. The predicted octanol–water partition coefficient (Wildman–Crippen LogP) is 1.57. The van der Waals surface area contributed by atoms with Gasteiger partial charge in [-0.15, -0.1) is 0 Å². The van der Waals surface area contributed by atoms with Gasteiger partial charge in [0.1, 0.15) is 0 Å². The maximum atomic E-state index is 11.5. The number of hydrogen-bond donors (Lipinski definition) is 8. The summed E-state index contributed by atoms with van der Waals surface area (Å²) >= 11 is 1.36. The van der Waals surface area contributed by atoms with Crippen LogP contribution in [0.4, 0.5) is 4.79 Å². The number of nitrogens with one attached hydrogen (secondary N) is 4. The number of aliphatic carboxylic acids is 3. The lowest BCUT2D eigenvalue weighted by Crippen LogP contribution is -2.42. The van der Waals surface area contributed by atoms with Gasteiger partial charge in [-0.1, -0.05) is 0 Å². The zero-order chi connectivity index (χ0) is 26.9. The molecule has 0 bridgehead atoms. The van der Waals surface area contributed by atoms with Crippen LogP contribution in [0.25, 0.3) is 10.9 Å². The molecule has 1 aliphatic rings. The van der Waals surface area contributed by atoms with Gasteiger partial charge in [0.25, 0.3) is 0 Å². The summed E-state index contributed by atoms with van der Waals surface area (Å²) in [6.07, 6.45) is 1.19. The topological polar surface area (TPSA) is 201 Å². The maximum absolute atomic E-state index is 11.5. The number of amides is 2. The minimum atomic E-state index is -2.74. The molecule has 0 spiro atoms. The molecule has 0 radical (unpaired) electrons. The Morgan fingerprint density at radius 2 is 1.81 bits per heavy atom. The van der Waals surface area contributed by atoms with Gasteiger partial charge < -0.3 is 36.0 Å². The third-order valence-corrected chi connectivity index (χ3v) is 6.42. The first kappa shape index (κ1) is 28.9. The normalized spacial score (nSPS) is 14.8. The number of benzene rings is 1. The Morgan fingerprint density at radius 3 is 2.36 bits per heavy atom. The SMILES string of the molecule is CCNC(=O)NSc1ccc2[nH]c3c(c2c1)CC(CNC)CC3.O=C(O)CC(O)(CC(=O)O)C(=O)O. The fourth-order valence-electron chi connectivity index (χ4n) is 4.01. The van der Waals surface area contributed by atoms with Crippen molar-refractivity contribution in [1.82, 2.24) is 20.3 Å². The van der Waals surface area contributed by atoms with Crippen molar-refractivity contribution in [3.8, 4) is 0 Å². The van der Waals surface area contributed by atoms with Crippen LogP contribution in [0.1, 0.15) is 37.4 Å². The largest absolute Gasteiger partial charge is 0.481 e. The molecule has 8 N–H and O–H groups in total. The van der Waals surface area contributed by atoms with Crippen molar-refractivity contribution in [3.05, 3.63) is 29.5 Å². The molecule has 13 heteroatoms. The predicted molar refractivity (Wildman–Crippen MR) is 133 cm³/mol. The van der Waals surface area contributed by atoms with E-state index in [2.05, 4.69) is 32.5 Å². The molecule has 1 heterocycles. The molecule has 0 saturated heterocycles. The van der Waals surface area contributed by atoms with Gasteiger partial charge in [-0.2, -0.15) is 0 Å². The summed E-state index contributed by atoms with van der Waals surface area (Å²) in [6.45, 7) is 3.60. The molecule has 1 aromatic carbocycles. The zero-order valence-corrected chi connectivity index (χ0v) is 20.9. The first-order valence-corrected chi connectivity index (χ1v) is 12.2. The van der Waals surface area contributed by atoms with E-state index in [1.165, 1.54) is 40.5 Å². The second kappa shape index (κ2) is 13.1. The van der Waals surface area contributed by atoms with Crippen LogP contribution in [-0.4, -0.2) is 75.1 Å². The molecule has 0 saturated carbocycles. The van der Waals surface area contributed by atoms with Gasteiger partial charge >= 0.3 is 23.9 Å². The Labute approximate surface area is 212 Å². The number of aromatic nitrogens is 1. The number of carboxylic acid groups (broad SMARTS) is 3. The Bertz CT molecular complexity index is 1090. The number of carboxylic acids is 3. The van der Waals surface area contributed by atoms with E-state index in [0.29, 0.717) is 12.5 Å². The van der Waals surface area contributed by atoms with Gasteiger partial charge in [0.15, 0.2) is 5.60 Å². The molecule has 2 amide bonds. The minimum absolute atomic E-state index is 0.150. The van der Waals surface area contributed by atoms with E-state index in [0.717, 1.165) is 24.3 Å². The average Bonchev–Trinajstić information content (AvgIpc) is 3.15. The van der Waals surface area contributed by atoms with Crippen LogP contribution >= 0.6 is 11.9 Å². The molecule has 36 heavy (non-hydrogen) atoms. The zero-order valence-electron chi connectivity index (χ0n) is 20.1. The fraction of sp³-hybridized carbons (Fsp3) is 0.478. The molecule has 3 rings (SSSR count). The van der Waals surface area contributed by atoms with Gasteiger partial charge in [-0.05, 0) is 81.4 Å². The van der Waals surface area contributed by atoms with Crippen LogP contribution in [0.3, 0.4) is 0 Å². The monoisotopic (exact) mass is 524 g/mol. The number of carbonyl (C=O) groups excluding carboxylic acids is 1. The van der Waals surface area contributed by atoms with Crippen LogP contribution in [0.5, 0.6) is 0 Å². The number of aromatic amines is 1. The van der Waals surface area contributed by atoms with Gasteiger partial charge in [0, 0.05) is 28.0 Å². The molecule has 2 aromatic rings. The van der Waals surface area contributed by atoms with E-state index in [1.54, 1.807) is 0 Å². The average molecular weight is 525 g/mol. The molecule has 1 atom stereocenters. The van der Waals surface area contributed by atoms with Crippen molar-refractivity contribution in [2.75, 3.05) is 20.1 Å². The van der Waals surface area contributed by atoms with E-state index in [1.807, 2.05) is 20.0 Å².